The molecule has 0 saturated carbocycles. The average Bonchev–Trinajstić information content (AvgIpc) is 2.46. The summed E-state index contributed by atoms with van der Waals surface area (Å²) in [7, 11) is 3.67. The van der Waals surface area contributed by atoms with Crippen LogP contribution in [0.25, 0.3) is 0 Å². The van der Waals surface area contributed by atoms with E-state index in [1.54, 1.807) is 20.0 Å². The fourth-order valence-corrected chi connectivity index (χ4v) is 2.55. The molecule has 0 radical (unpaired) electrons. The Morgan fingerprint density at radius 3 is 2.70 bits per heavy atom. The molecule has 2 amide bonds. The van der Waals surface area contributed by atoms with E-state index in [2.05, 4.69) is 17.3 Å². The molecule has 1 aliphatic rings. The van der Waals surface area contributed by atoms with E-state index in [9.17, 15) is 9.59 Å². The molecule has 5 nitrogen and oxygen atoms in total. The van der Waals surface area contributed by atoms with E-state index in [1.165, 1.54) is 0 Å². The molecule has 5 heteroatoms. The fourth-order valence-electron chi connectivity index (χ4n) is 2.55. The first-order valence-corrected chi connectivity index (χ1v) is 6.80. The number of hydrogen-bond acceptors (Lipinski definition) is 3. The topological polar surface area (TPSA) is 52.7 Å². The number of benzene rings is 1. The van der Waals surface area contributed by atoms with Crippen LogP contribution in [-0.2, 0) is 4.79 Å². The van der Waals surface area contributed by atoms with Gasteiger partial charge in [-0.1, -0.05) is 12.1 Å². The summed E-state index contributed by atoms with van der Waals surface area (Å²) in [5, 5.41) is 2.63. The molecule has 1 aromatic rings. The van der Waals surface area contributed by atoms with Crippen LogP contribution in [0.2, 0.25) is 0 Å². The Hall–Kier alpha value is -1.88. The Morgan fingerprint density at radius 1 is 1.30 bits per heavy atom. The van der Waals surface area contributed by atoms with Gasteiger partial charge in [0.15, 0.2) is 0 Å². The lowest BCUT2D eigenvalue weighted by Crippen LogP contribution is -2.48. The smallest absolute Gasteiger partial charge is 0.251 e. The monoisotopic (exact) mass is 275 g/mol. The third-order valence-electron chi connectivity index (χ3n) is 3.85. The predicted molar refractivity (Wildman–Crippen MR) is 77.5 cm³/mol. The van der Waals surface area contributed by atoms with Gasteiger partial charge in [0.1, 0.15) is 0 Å². The van der Waals surface area contributed by atoms with Crippen molar-refractivity contribution in [1.82, 2.24) is 15.1 Å². The van der Waals surface area contributed by atoms with E-state index in [0.29, 0.717) is 12.1 Å². The van der Waals surface area contributed by atoms with Gasteiger partial charge in [0, 0.05) is 39.2 Å². The number of carbonyl (C=O) groups is 2. The van der Waals surface area contributed by atoms with Gasteiger partial charge < -0.3 is 10.2 Å². The maximum Gasteiger partial charge on any atom is 0.251 e. The number of likely N-dealkylation sites (N-methyl/N-ethyl adjacent to an activating group) is 1. The molecule has 1 heterocycles. The molecule has 1 fully saturated rings. The van der Waals surface area contributed by atoms with Gasteiger partial charge in [0.25, 0.3) is 5.91 Å². The van der Waals surface area contributed by atoms with E-state index >= 15 is 0 Å². The van der Waals surface area contributed by atoms with Gasteiger partial charge in [-0.15, -0.1) is 0 Å². The highest BCUT2D eigenvalue weighted by Gasteiger charge is 2.27. The largest absolute Gasteiger partial charge is 0.355 e. The average molecular weight is 275 g/mol. The molecule has 1 N–H and O–H groups in total. The van der Waals surface area contributed by atoms with E-state index in [4.69, 9.17) is 0 Å². The summed E-state index contributed by atoms with van der Waals surface area (Å²) < 4.78 is 0. The van der Waals surface area contributed by atoms with Crippen LogP contribution in [0.4, 0.5) is 0 Å². The highest BCUT2D eigenvalue weighted by Crippen LogP contribution is 2.24. The predicted octanol–water partition coefficient (Wildman–Crippen LogP) is 0.881. The van der Waals surface area contributed by atoms with E-state index < -0.39 is 0 Å². The number of nitrogens with one attached hydrogen (secondary N) is 1. The Balaban J connectivity index is 2.24. The van der Waals surface area contributed by atoms with Crippen LogP contribution < -0.4 is 5.32 Å². The molecule has 0 aromatic heterocycles. The van der Waals surface area contributed by atoms with Crippen molar-refractivity contribution < 1.29 is 9.59 Å². The Labute approximate surface area is 119 Å². The van der Waals surface area contributed by atoms with Gasteiger partial charge in [-0.25, -0.2) is 0 Å². The molecule has 108 valence electrons. The molecule has 1 atom stereocenters. The normalized spacial score (nSPS) is 19.8. The number of carbonyl (C=O) groups excluding carboxylic acids is 2. The Bertz CT molecular complexity index is 516. The molecule has 0 bridgehead atoms. The summed E-state index contributed by atoms with van der Waals surface area (Å²) in [6, 6.07) is 7.74. The summed E-state index contributed by atoms with van der Waals surface area (Å²) >= 11 is 0. The van der Waals surface area contributed by atoms with Crippen LogP contribution in [-0.4, -0.2) is 55.3 Å². The molecule has 2 rings (SSSR count). The number of hydrogen-bond donors (Lipinski definition) is 1. The molecular weight excluding hydrogens is 254 g/mol. The molecule has 0 unspecified atom stereocenters. The van der Waals surface area contributed by atoms with Gasteiger partial charge >= 0.3 is 0 Å². The SMILES string of the molecule is CNC(=O)c1cccc([C@@H]2CN(C(C)=O)CCN2C)c1. The van der Waals surface area contributed by atoms with Crippen molar-refractivity contribution in [1.29, 1.82) is 0 Å². The van der Waals surface area contributed by atoms with Gasteiger partial charge in [-0.3, -0.25) is 14.5 Å². The van der Waals surface area contributed by atoms with Crippen LogP contribution in [0, 0.1) is 0 Å². The van der Waals surface area contributed by atoms with Crippen LogP contribution in [0.3, 0.4) is 0 Å². The minimum Gasteiger partial charge on any atom is -0.355 e. The van der Waals surface area contributed by atoms with Crippen molar-refractivity contribution >= 4 is 11.8 Å². The molecule has 1 aliphatic heterocycles. The molecular formula is C15H21N3O2. The van der Waals surface area contributed by atoms with Crippen molar-refractivity contribution in [2.45, 2.75) is 13.0 Å². The van der Waals surface area contributed by atoms with Gasteiger partial charge in [-0.2, -0.15) is 0 Å². The van der Waals surface area contributed by atoms with E-state index in [-0.39, 0.29) is 17.9 Å². The maximum absolute atomic E-state index is 11.7. The maximum atomic E-state index is 11.7. The second-order valence-electron chi connectivity index (χ2n) is 5.17. The fraction of sp³-hybridized carbons (Fsp3) is 0.467. The zero-order chi connectivity index (χ0) is 14.7. The molecule has 20 heavy (non-hydrogen) atoms. The van der Waals surface area contributed by atoms with Crippen molar-refractivity contribution in [2.75, 3.05) is 33.7 Å². The molecule has 0 spiro atoms. The zero-order valence-electron chi connectivity index (χ0n) is 12.2. The lowest BCUT2D eigenvalue weighted by molar-refractivity contribution is -0.131. The third-order valence-corrected chi connectivity index (χ3v) is 3.85. The second kappa shape index (κ2) is 6.05. The lowest BCUT2D eigenvalue weighted by atomic mass is 10.00. The van der Waals surface area contributed by atoms with E-state index in [1.807, 2.05) is 23.1 Å². The van der Waals surface area contributed by atoms with Gasteiger partial charge in [-0.05, 0) is 24.7 Å². The summed E-state index contributed by atoms with van der Waals surface area (Å²) in [5.74, 6) is 0.0132. The van der Waals surface area contributed by atoms with E-state index in [0.717, 1.165) is 18.7 Å². The van der Waals surface area contributed by atoms with Crippen LogP contribution in [0.5, 0.6) is 0 Å². The first-order chi connectivity index (χ1) is 9.52. The number of piperazine rings is 1. The van der Waals surface area contributed by atoms with Gasteiger partial charge in [0.05, 0.1) is 6.04 Å². The Morgan fingerprint density at radius 2 is 2.05 bits per heavy atom. The third kappa shape index (κ3) is 2.99. The van der Waals surface area contributed by atoms with Crippen LogP contribution in [0.1, 0.15) is 28.9 Å². The number of nitrogens with zero attached hydrogens (tertiary/aromatic N) is 2. The lowest BCUT2D eigenvalue weighted by Gasteiger charge is -2.39. The highest BCUT2D eigenvalue weighted by atomic mass is 16.2. The number of amides is 2. The minimum absolute atomic E-state index is 0.0891. The van der Waals surface area contributed by atoms with Crippen molar-refractivity contribution in [3.05, 3.63) is 35.4 Å². The van der Waals surface area contributed by atoms with Crippen molar-refractivity contribution in [3.8, 4) is 0 Å². The minimum atomic E-state index is -0.0891. The van der Waals surface area contributed by atoms with Crippen molar-refractivity contribution in [2.24, 2.45) is 0 Å². The Kier molecular flexibility index (Phi) is 4.39. The van der Waals surface area contributed by atoms with Crippen LogP contribution in [0.15, 0.2) is 24.3 Å². The second-order valence-corrected chi connectivity index (χ2v) is 5.17. The summed E-state index contributed by atoms with van der Waals surface area (Å²) in [6.07, 6.45) is 0. The first-order valence-electron chi connectivity index (χ1n) is 6.80. The van der Waals surface area contributed by atoms with Crippen LogP contribution >= 0.6 is 0 Å². The summed E-state index contributed by atoms with van der Waals surface area (Å²) in [5.41, 5.74) is 1.72. The molecule has 1 saturated heterocycles. The first kappa shape index (κ1) is 14.5. The quantitative estimate of drug-likeness (QED) is 0.872. The highest BCUT2D eigenvalue weighted by molar-refractivity contribution is 5.94. The standard InChI is InChI=1S/C15H21N3O2/c1-11(19)18-8-7-17(3)14(10-18)12-5-4-6-13(9-12)15(20)16-2/h4-6,9,14H,7-8,10H2,1-3H3,(H,16,20)/t14-/m0/s1. The molecule has 0 aliphatic carbocycles. The summed E-state index contributed by atoms with van der Waals surface area (Å²) in [4.78, 5) is 27.3. The molecule has 1 aromatic carbocycles. The number of rotatable bonds is 2. The zero-order valence-corrected chi connectivity index (χ0v) is 12.2. The summed E-state index contributed by atoms with van der Waals surface area (Å²) in [6.45, 7) is 3.87. The van der Waals surface area contributed by atoms with Crippen molar-refractivity contribution in [3.63, 3.8) is 0 Å². The van der Waals surface area contributed by atoms with Gasteiger partial charge in [0.2, 0.25) is 5.91 Å².